The van der Waals surface area contributed by atoms with Crippen LogP contribution in [-0.2, 0) is 14.3 Å². The molecule has 2 aromatic rings. The first-order chi connectivity index (χ1) is 14.7. The van der Waals surface area contributed by atoms with E-state index in [4.69, 9.17) is 9.15 Å². The number of nitrogens with one attached hydrogen (secondary N) is 2. The highest BCUT2D eigenvalue weighted by Crippen LogP contribution is 2.41. The number of phenols is 1. The number of benzene rings is 1. The summed E-state index contributed by atoms with van der Waals surface area (Å²) in [6, 6.07) is 6.20. The Hall–Kier alpha value is -3.17. The van der Waals surface area contributed by atoms with E-state index in [0.717, 1.165) is 0 Å². The second-order valence-electron chi connectivity index (χ2n) is 8.49. The highest BCUT2D eigenvalue weighted by Gasteiger charge is 2.53. The molecule has 0 radical (unpaired) electrons. The van der Waals surface area contributed by atoms with Crippen molar-refractivity contribution in [3.8, 4) is 5.75 Å². The number of phenolic OH excluding ortho intramolecular Hbond substituents is 1. The number of para-hydroxylation sites is 1. The average Bonchev–Trinajstić information content (AvgIpc) is 3.26. The highest BCUT2D eigenvalue weighted by molar-refractivity contribution is 6.49. The molecule has 2 heterocycles. The zero-order valence-corrected chi connectivity index (χ0v) is 17.5. The van der Waals surface area contributed by atoms with Gasteiger partial charge in [0.2, 0.25) is 11.6 Å². The molecule has 2 aliphatic rings. The number of hydrogen-bond donors (Lipinski definition) is 3. The van der Waals surface area contributed by atoms with Crippen LogP contribution in [-0.4, -0.2) is 66.9 Å². The smallest absolute Gasteiger partial charge is 0.257 e. The summed E-state index contributed by atoms with van der Waals surface area (Å²) < 4.78 is 10.9. The predicted molar refractivity (Wildman–Crippen MR) is 111 cm³/mol. The van der Waals surface area contributed by atoms with Gasteiger partial charge in [-0.05, 0) is 24.3 Å². The Morgan fingerprint density at radius 1 is 1.16 bits per heavy atom. The van der Waals surface area contributed by atoms with Crippen LogP contribution >= 0.6 is 0 Å². The molecule has 4 rings (SSSR count). The number of ketones is 2. The monoisotopic (exact) mass is 427 g/mol. The fourth-order valence-electron chi connectivity index (χ4n) is 3.93. The summed E-state index contributed by atoms with van der Waals surface area (Å²) in [5.41, 5.74) is 0.0184. The fourth-order valence-corrected chi connectivity index (χ4v) is 3.93. The Labute approximate surface area is 179 Å². The zero-order valence-electron chi connectivity index (χ0n) is 17.5. The SMILES string of the molecule is CN(C)C(=O)c1cccc(NC2C(=O)C(=O)C2NC(c2ccco2)C2(C)COC2)c1O. The summed E-state index contributed by atoms with van der Waals surface area (Å²) in [6.07, 6.45) is 1.56. The summed E-state index contributed by atoms with van der Waals surface area (Å²) in [5, 5.41) is 16.8. The molecule has 1 aliphatic heterocycles. The first-order valence-corrected chi connectivity index (χ1v) is 9.98. The molecule has 164 valence electrons. The van der Waals surface area contributed by atoms with Crippen LogP contribution in [0.2, 0.25) is 0 Å². The van der Waals surface area contributed by atoms with Gasteiger partial charge in [0.25, 0.3) is 5.91 Å². The van der Waals surface area contributed by atoms with E-state index in [9.17, 15) is 19.5 Å². The number of rotatable bonds is 7. The highest BCUT2D eigenvalue weighted by atomic mass is 16.5. The number of hydrogen-bond acceptors (Lipinski definition) is 8. The number of amides is 1. The van der Waals surface area contributed by atoms with Gasteiger partial charge in [0.15, 0.2) is 5.75 Å². The van der Waals surface area contributed by atoms with Crippen molar-refractivity contribution in [1.29, 1.82) is 0 Å². The van der Waals surface area contributed by atoms with E-state index in [1.54, 1.807) is 38.6 Å². The lowest BCUT2D eigenvalue weighted by molar-refractivity contribution is -0.150. The Kier molecular flexibility index (Phi) is 5.32. The maximum Gasteiger partial charge on any atom is 0.257 e. The van der Waals surface area contributed by atoms with Crippen LogP contribution in [0.1, 0.15) is 29.1 Å². The number of furan rings is 1. The lowest BCUT2D eigenvalue weighted by Crippen LogP contribution is -2.69. The number of nitrogens with zero attached hydrogens (tertiary/aromatic N) is 1. The van der Waals surface area contributed by atoms with Crippen LogP contribution in [0, 0.1) is 5.41 Å². The van der Waals surface area contributed by atoms with E-state index in [0.29, 0.717) is 19.0 Å². The van der Waals surface area contributed by atoms with Crippen molar-refractivity contribution in [3.05, 3.63) is 47.9 Å². The van der Waals surface area contributed by atoms with Gasteiger partial charge in [0.05, 0.1) is 36.8 Å². The number of ether oxygens (including phenoxy) is 1. The normalized spacial score (nSPS) is 22.9. The number of aromatic hydroxyl groups is 1. The molecule has 0 bridgehead atoms. The van der Waals surface area contributed by atoms with Crippen LogP contribution in [0.15, 0.2) is 41.0 Å². The van der Waals surface area contributed by atoms with Crippen molar-refractivity contribution in [2.45, 2.75) is 25.0 Å². The Morgan fingerprint density at radius 3 is 2.45 bits per heavy atom. The summed E-state index contributed by atoms with van der Waals surface area (Å²) in [5.74, 6) is -1.12. The quantitative estimate of drug-likeness (QED) is 0.447. The van der Waals surface area contributed by atoms with E-state index in [1.807, 2.05) is 13.0 Å². The first kappa shape index (κ1) is 21.1. The molecule has 1 aliphatic carbocycles. The Morgan fingerprint density at radius 2 is 1.87 bits per heavy atom. The third kappa shape index (κ3) is 3.60. The maximum atomic E-state index is 12.4. The second-order valence-corrected chi connectivity index (χ2v) is 8.49. The van der Waals surface area contributed by atoms with Crippen molar-refractivity contribution >= 4 is 23.2 Å². The number of Topliss-reactive ketones (excluding diaryl/α,β-unsaturated/α-hetero) is 2. The maximum absolute atomic E-state index is 12.4. The molecule has 3 atom stereocenters. The number of carbonyl (C=O) groups excluding carboxylic acids is 3. The van der Waals surface area contributed by atoms with Crippen LogP contribution in [0.3, 0.4) is 0 Å². The van der Waals surface area contributed by atoms with Crippen LogP contribution in [0.5, 0.6) is 5.75 Å². The van der Waals surface area contributed by atoms with Crippen molar-refractivity contribution in [3.63, 3.8) is 0 Å². The number of carbonyl (C=O) groups is 3. The topological polar surface area (TPSA) is 121 Å². The van der Waals surface area contributed by atoms with Gasteiger partial charge in [0.1, 0.15) is 17.8 Å². The van der Waals surface area contributed by atoms with E-state index in [1.165, 1.54) is 11.0 Å². The molecule has 2 fully saturated rings. The van der Waals surface area contributed by atoms with Gasteiger partial charge in [-0.15, -0.1) is 0 Å². The van der Waals surface area contributed by atoms with E-state index >= 15 is 0 Å². The van der Waals surface area contributed by atoms with Crippen LogP contribution in [0.4, 0.5) is 5.69 Å². The number of anilines is 1. The molecule has 1 aromatic heterocycles. The van der Waals surface area contributed by atoms with Gasteiger partial charge in [-0.2, -0.15) is 0 Å². The largest absolute Gasteiger partial charge is 0.505 e. The third-order valence-electron chi connectivity index (χ3n) is 5.86. The van der Waals surface area contributed by atoms with E-state index in [2.05, 4.69) is 10.6 Å². The molecule has 1 aromatic carbocycles. The van der Waals surface area contributed by atoms with Gasteiger partial charge in [-0.25, -0.2) is 0 Å². The lowest BCUT2D eigenvalue weighted by Gasteiger charge is -2.47. The zero-order chi connectivity index (χ0) is 22.3. The summed E-state index contributed by atoms with van der Waals surface area (Å²) in [4.78, 5) is 38.4. The molecular formula is C22H25N3O6. The van der Waals surface area contributed by atoms with E-state index < -0.39 is 23.7 Å². The molecule has 3 unspecified atom stereocenters. The van der Waals surface area contributed by atoms with Gasteiger partial charge >= 0.3 is 0 Å². The fraction of sp³-hybridized carbons (Fsp3) is 0.409. The minimum atomic E-state index is -0.884. The van der Waals surface area contributed by atoms with Gasteiger partial charge in [-0.3, -0.25) is 19.7 Å². The summed E-state index contributed by atoms with van der Waals surface area (Å²) in [6.45, 7) is 3.01. The lowest BCUT2D eigenvalue weighted by atomic mass is 9.76. The molecule has 1 saturated heterocycles. The standard InChI is InChI=1S/C22H25N3O6/c1-22(10-30-11-22)20(14-8-5-9-31-14)24-16-15(18(27)19(16)28)23-13-7-4-6-12(17(13)26)21(29)25(2)3/h4-9,15-16,20,23-24,26H,10-11H2,1-3H3. The van der Waals surface area contributed by atoms with Crippen LogP contribution < -0.4 is 10.6 Å². The van der Waals surface area contributed by atoms with Crippen LogP contribution in [0.25, 0.3) is 0 Å². The second kappa shape index (κ2) is 7.82. The van der Waals surface area contributed by atoms with E-state index in [-0.39, 0.29) is 34.4 Å². The Bertz CT molecular complexity index is 1010. The Balaban J connectivity index is 1.57. The summed E-state index contributed by atoms with van der Waals surface area (Å²) >= 11 is 0. The predicted octanol–water partition coefficient (Wildman–Crippen LogP) is 1.36. The molecule has 3 N–H and O–H groups in total. The first-order valence-electron chi connectivity index (χ1n) is 9.98. The minimum Gasteiger partial charge on any atom is -0.505 e. The molecule has 1 amide bonds. The van der Waals surface area contributed by atoms with Crippen molar-refractivity contribution in [2.24, 2.45) is 5.41 Å². The van der Waals surface area contributed by atoms with Crippen molar-refractivity contribution < 1.29 is 28.6 Å². The van der Waals surface area contributed by atoms with Crippen molar-refractivity contribution in [1.82, 2.24) is 10.2 Å². The van der Waals surface area contributed by atoms with Gasteiger partial charge < -0.3 is 24.5 Å². The van der Waals surface area contributed by atoms with Gasteiger partial charge in [-0.1, -0.05) is 13.0 Å². The molecule has 31 heavy (non-hydrogen) atoms. The van der Waals surface area contributed by atoms with Gasteiger partial charge in [0, 0.05) is 19.5 Å². The van der Waals surface area contributed by atoms with Crippen molar-refractivity contribution in [2.75, 3.05) is 32.6 Å². The molecule has 0 spiro atoms. The average molecular weight is 427 g/mol. The molecule has 1 saturated carbocycles. The molecular weight excluding hydrogens is 402 g/mol. The minimum absolute atomic E-state index is 0.102. The molecule has 9 nitrogen and oxygen atoms in total. The molecule has 9 heteroatoms. The third-order valence-corrected chi connectivity index (χ3v) is 5.86. The summed E-state index contributed by atoms with van der Waals surface area (Å²) in [7, 11) is 3.16.